The van der Waals surface area contributed by atoms with E-state index in [2.05, 4.69) is 39.6 Å². The van der Waals surface area contributed by atoms with Gasteiger partial charge in [-0.25, -0.2) is 13.1 Å². The van der Waals surface area contributed by atoms with Crippen LogP contribution in [0.3, 0.4) is 0 Å². The molecule has 3 aromatic rings. The number of hydrogen-bond donors (Lipinski definition) is 1. The third-order valence-electron chi connectivity index (χ3n) is 6.66. The van der Waals surface area contributed by atoms with E-state index in [0.717, 1.165) is 67.1 Å². The molecular weight excluding hydrogens is 462 g/mol. The van der Waals surface area contributed by atoms with Crippen molar-refractivity contribution in [3.05, 3.63) is 47.4 Å². The predicted molar refractivity (Wildman–Crippen MR) is 139 cm³/mol. The zero-order valence-electron chi connectivity index (χ0n) is 21.4. The molecule has 9 heteroatoms. The third kappa shape index (κ3) is 5.68. The van der Waals surface area contributed by atoms with Gasteiger partial charge in [0.15, 0.2) is 0 Å². The average Bonchev–Trinajstić information content (AvgIpc) is 3.15. The van der Waals surface area contributed by atoms with Crippen LogP contribution in [-0.4, -0.2) is 50.0 Å². The number of pyridine rings is 1. The molecule has 3 heterocycles. The van der Waals surface area contributed by atoms with Crippen LogP contribution in [0.15, 0.2) is 35.4 Å². The van der Waals surface area contributed by atoms with E-state index in [4.69, 9.17) is 4.74 Å². The van der Waals surface area contributed by atoms with Gasteiger partial charge in [-0.2, -0.15) is 5.10 Å². The fraction of sp³-hybridized carbons (Fsp3) is 0.538. The number of sulfonamides is 1. The van der Waals surface area contributed by atoms with Crippen molar-refractivity contribution in [3.63, 3.8) is 0 Å². The number of anilines is 1. The summed E-state index contributed by atoms with van der Waals surface area (Å²) in [5, 5.41) is 5.29. The van der Waals surface area contributed by atoms with Gasteiger partial charge in [-0.15, -0.1) is 0 Å². The van der Waals surface area contributed by atoms with Crippen molar-refractivity contribution >= 4 is 26.6 Å². The minimum absolute atomic E-state index is 0.187. The Bertz CT molecular complexity index is 1280. The molecule has 1 saturated heterocycles. The summed E-state index contributed by atoms with van der Waals surface area (Å²) in [6.07, 6.45) is 3.97. The molecule has 1 atom stereocenters. The number of hydrogen-bond acceptors (Lipinski definition) is 6. The first-order chi connectivity index (χ1) is 16.7. The maximum atomic E-state index is 13.4. The largest absolute Gasteiger partial charge is 0.384 e. The maximum Gasteiger partial charge on any atom is 0.243 e. The van der Waals surface area contributed by atoms with Gasteiger partial charge in [0.2, 0.25) is 10.0 Å². The van der Waals surface area contributed by atoms with E-state index in [1.807, 2.05) is 24.6 Å². The van der Waals surface area contributed by atoms with E-state index in [-0.39, 0.29) is 11.4 Å². The summed E-state index contributed by atoms with van der Waals surface area (Å²) >= 11 is 0. The zero-order chi connectivity index (χ0) is 25.2. The fourth-order valence-corrected chi connectivity index (χ4v) is 6.07. The van der Waals surface area contributed by atoms with Gasteiger partial charge in [0, 0.05) is 61.3 Å². The van der Waals surface area contributed by atoms with Crippen LogP contribution in [-0.2, 0) is 27.8 Å². The number of aryl methyl sites for hydroxylation is 1. The lowest BCUT2D eigenvalue weighted by molar-refractivity contribution is 0.143. The molecule has 0 amide bonds. The molecule has 0 aliphatic carbocycles. The first-order valence-corrected chi connectivity index (χ1v) is 13.8. The van der Waals surface area contributed by atoms with Crippen molar-refractivity contribution in [1.82, 2.24) is 19.5 Å². The number of para-hydroxylation sites is 1. The van der Waals surface area contributed by atoms with Gasteiger partial charge in [0.25, 0.3) is 0 Å². The highest BCUT2D eigenvalue weighted by Crippen LogP contribution is 2.33. The van der Waals surface area contributed by atoms with Gasteiger partial charge >= 0.3 is 0 Å². The van der Waals surface area contributed by atoms with Crippen LogP contribution in [0.4, 0.5) is 5.69 Å². The summed E-state index contributed by atoms with van der Waals surface area (Å²) in [5.74, 6) is 0.924. The van der Waals surface area contributed by atoms with E-state index in [9.17, 15) is 8.42 Å². The van der Waals surface area contributed by atoms with E-state index in [1.165, 1.54) is 0 Å². The van der Waals surface area contributed by atoms with Crippen molar-refractivity contribution in [2.45, 2.75) is 58.5 Å². The van der Waals surface area contributed by atoms with E-state index in [0.29, 0.717) is 17.4 Å². The molecule has 1 N–H and O–H groups in total. The molecule has 2 aromatic heterocycles. The maximum absolute atomic E-state index is 13.4. The minimum Gasteiger partial charge on any atom is -0.384 e. The van der Waals surface area contributed by atoms with E-state index in [1.54, 1.807) is 25.4 Å². The molecule has 0 saturated carbocycles. The third-order valence-corrected chi connectivity index (χ3v) is 8.09. The Morgan fingerprint density at radius 2 is 2.06 bits per heavy atom. The summed E-state index contributed by atoms with van der Waals surface area (Å²) < 4.78 is 37.0. The molecule has 0 radical (unpaired) electrons. The van der Waals surface area contributed by atoms with Crippen molar-refractivity contribution in [3.8, 4) is 0 Å². The van der Waals surface area contributed by atoms with Gasteiger partial charge in [0.05, 0.1) is 18.3 Å². The molecular formula is C26H37N5O3S. The Kier molecular flexibility index (Phi) is 7.78. The molecule has 1 unspecified atom stereocenters. The first-order valence-electron chi connectivity index (χ1n) is 12.3. The lowest BCUT2D eigenvalue weighted by Crippen LogP contribution is -2.37. The Hall–Kier alpha value is -2.49. The number of benzene rings is 1. The first kappa shape index (κ1) is 25.6. The second-order valence-corrected chi connectivity index (χ2v) is 11.7. The molecule has 1 aromatic carbocycles. The Morgan fingerprint density at radius 1 is 1.26 bits per heavy atom. The van der Waals surface area contributed by atoms with Crippen LogP contribution in [0, 0.1) is 25.7 Å². The lowest BCUT2D eigenvalue weighted by atomic mass is 9.97. The monoisotopic (exact) mass is 499 g/mol. The van der Waals surface area contributed by atoms with Gasteiger partial charge in [-0.3, -0.25) is 9.67 Å². The van der Waals surface area contributed by atoms with Gasteiger partial charge < -0.3 is 9.64 Å². The second-order valence-electron chi connectivity index (χ2n) is 10.0. The van der Waals surface area contributed by atoms with Gasteiger partial charge in [-0.1, -0.05) is 26.0 Å². The van der Waals surface area contributed by atoms with Crippen molar-refractivity contribution < 1.29 is 13.2 Å². The lowest BCUT2D eigenvalue weighted by Gasteiger charge is -2.35. The van der Waals surface area contributed by atoms with Crippen LogP contribution >= 0.6 is 0 Å². The van der Waals surface area contributed by atoms with Crippen molar-refractivity contribution in [1.29, 1.82) is 0 Å². The summed E-state index contributed by atoms with van der Waals surface area (Å²) in [6, 6.07) is 7.48. The normalized spacial score (nSPS) is 17.0. The van der Waals surface area contributed by atoms with Crippen LogP contribution in [0.1, 0.15) is 43.6 Å². The molecule has 0 bridgehead atoms. The topological polar surface area (TPSA) is 89.3 Å². The van der Waals surface area contributed by atoms with E-state index >= 15 is 0 Å². The second kappa shape index (κ2) is 10.6. The molecule has 8 nitrogen and oxygen atoms in total. The number of rotatable bonds is 9. The Labute approximate surface area is 208 Å². The van der Waals surface area contributed by atoms with Crippen molar-refractivity contribution in [2.75, 3.05) is 31.7 Å². The van der Waals surface area contributed by atoms with Crippen LogP contribution < -0.4 is 9.62 Å². The molecule has 1 aliphatic heterocycles. The summed E-state index contributed by atoms with van der Waals surface area (Å²) in [7, 11) is -2.05. The number of methoxy groups -OCH3 is 1. The number of fused-ring (bicyclic) bond motifs is 1. The number of ether oxygens (including phenoxy) is 1. The standard InChI is InChI=1S/C26H37N5O3S/c1-18(2)15-31-20(4)22(13-27-31)14-28-35(32,33)25-10-6-9-23-24(12-19(3)29-26(23)25)30-11-7-8-21(16-30)17-34-5/h6,9-10,12-13,18,21,28H,7-8,11,14-17H2,1-5H3. The summed E-state index contributed by atoms with van der Waals surface area (Å²) in [5.41, 5.74) is 4.20. The number of nitrogens with one attached hydrogen (secondary N) is 1. The van der Waals surface area contributed by atoms with Crippen LogP contribution in [0.5, 0.6) is 0 Å². The quantitative estimate of drug-likeness (QED) is 0.478. The smallest absolute Gasteiger partial charge is 0.243 e. The molecule has 190 valence electrons. The molecule has 4 rings (SSSR count). The highest BCUT2D eigenvalue weighted by Gasteiger charge is 2.25. The molecule has 1 fully saturated rings. The minimum atomic E-state index is -3.79. The molecule has 1 aliphatic rings. The Balaban J connectivity index is 1.64. The van der Waals surface area contributed by atoms with E-state index < -0.39 is 10.0 Å². The number of piperidine rings is 1. The number of aromatic nitrogens is 3. The van der Waals surface area contributed by atoms with Crippen molar-refractivity contribution in [2.24, 2.45) is 11.8 Å². The molecule has 0 spiro atoms. The van der Waals surface area contributed by atoms with Gasteiger partial charge in [-0.05, 0) is 50.7 Å². The number of nitrogens with zero attached hydrogens (tertiary/aromatic N) is 4. The van der Waals surface area contributed by atoms with Gasteiger partial charge in [0.1, 0.15) is 4.90 Å². The summed E-state index contributed by atoms with van der Waals surface area (Å²) in [4.78, 5) is 7.23. The zero-order valence-corrected chi connectivity index (χ0v) is 22.2. The highest BCUT2D eigenvalue weighted by atomic mass is 32.2. The van der Waals surface area contributed by atoms with Crippen LogP contribution in [0.25, 0.3) is 10.9 Å². The fourth-order valence-electron chi connectivity index (χ4n) is 4.90. The molecule has 35 heavy (non-hydrogen) atoms. The SMILES string of the molecule is COCC1CCCN(c2cc(C)nc3c(S(=O)(=O)NCc4cnn(CC(C)C)c4C)cccc23)C1. The summed E-state index contributed by atoms with van der Waals surface area (Å²) in [6.45, 7) is 11.7. The highest BCUT2D eigenvalue weighted by molar-refractivity contribution is 7.89. The predicted octanol–water partition coefficient (Wildman–Crippen LogP) is 4.05. The average molecular weight is 500 g/mol. The Morgan fingerprint density at radius 3 is 2.80 bits per heavy atom. The van der Waals surface area contributed by atoms with Crippen LogP contribution in [0.2, 0.25) is 0 Å².